The summed E-state index contributed by atoms with van der Waals surface area (Å²) in [7, 11) is -1.00. The van der Waals surface area contributed by atoms with E-state index < -0.39 is 16.0 Å². The Hall–Kier alpha value is -0.670. The minimum atomic E-state index is -1.00. The van der Waals surface area contributed by atoms with Crippen LogP contribution in [-0.4, -0.2) is 15.7 Å². The van der Waals surface area contributed by atoms with Crippen molar-refractivity contribution in [2.75, 3.05) is 6.26 Å². The van der Waals surface area contributed by atoms with Crippen molar-refractivity contribution in [3.63, 3.8) is 0 Å². The third-order valence-corrected chi connectivity index (χ3v) is 2.57. The van der Waals surface area contributed by atoms with E-state index in [-0.39, 0.29) is 0 Å². The van der Waals surface area contributed by atoms with Crippen LogP contribution in [0.4, 0.5) is 0 Å². The van der Waals surface area contributed by atoms with Gasteiger partial charge in [-0.05, 0) is 35.9 Å². The summed E-state index contributed by atoms with van der Waals surface area (Å²) in [5.74, 6) is 0. The van der Waals surface area contributed by atoms with Gasteiger partial charge in [0, 0.05) is 27.5 Å². The van der Waals surface area contributed by atoms with Crippen LogP contribution < -0.4 is 0 Å². The number of carbonyl (C=O) groups excluding carboxylic acids is 1. The van der Waals surface area contributed by atoms with Crippen molar-refractivity contribution in [2.24, 2.45) is 0 Å². The third kappa shape index (κ3) is 2.16. The molecule has 2 nitrogen and oxygen atoms in total. The van der Waals surface area contributed by atoms with Crippen LogP contribution in [0, 0.1) is 0 Å². The summed E-state index contributed by atoms with van der Waals surface area (Å²) in [6.45, 7) is 0. The van der Waals surface area contributed by atoms with E-state index in [0.29, 0.717) is 10.5 Å². The zero-order valence-corrected chi connectivity index (χ0v) is 7.98. The van der Waals surface area contributed by atoms with Gasteiger partial charge in [-0.2, -0.15) is 0 Å². The highest BCUT2D eigenvalue weighted by Gasteiger charge is 2.01. The fourth-order valence-corrected chi connectivity index (χ4v) is 1.42. The summed E-state index contributed by atoms with van der Waals surface area (Å²) < 4.78 is 10.9. The molecule has 1 aromatic rings. The summed E-state index contributed by atoms with van der Waals surface area (Å²) >= 11 is 5.22. The fraction of sp³-hybridized carbons (Fsp3) is 0.125. The molecule has 1 aromatic carbocycles. The second-order valence-electron chi connectivity index (χ2n) is 2.25. The Morgan fingerprint density at radius 1 is 1.33 bits per heavy atom. The zero-order chi connectivity index (χ0) is 9.14. The lowest BCUT2D eigenvalue weighted by molar-refractivity contribution is 0.108. The number of hydrogen-bond acceptors (Lipinski definition) is 2. The van der Waals surface area contributed by atoms with Crippen LogP contribution in [0.1, 0.15) is 10.4 Å². The number of halogens is 1. The van der Waals surface area contributed by atoms with Crippen LogP contribution in [0.2, 0.25) is 0 Å². The first kappa shape index (κ1) is 9.42. The Morgan fingerprint density at radius 2 is 1.83 bits per heavy atom. The standard InChI is InChI=1S/C8H7ClO2S/c1-12(11)7-4-2-6(3-5-7)8(9)10/h2-5H,1H3. The van der Waals surface area contributed by atoms with Crippen LogP contribution in [0.25, 0.3) is 0 Å². The second-order valence-corrected chi connectivity index (χ2v) is 3.98. The predicted octanol–water partition coefficient (Wildman–Crippen LogP) is 1.80. The Labute approximate surface area is 78.0 Å². The summed E-state index contributed by atoms with van der Waals surface area (Å²) in [6.07, 6.45) is 1.58. The van der Waals surface area contributed by atoms with Gasteiger partial charge in [-0.25, -0.2) is 0 Å². The van der Waals surface area contributed by atoms with Gasteiger partial charge in [-0.15, -0.1) is 0 Å². The average molecular weight is 203 g/mol. The van der Waals surface area contributed by atoms with Gasteiger partial charge in [-0.1, -0.05) is 0 Å². The molecule has 1 rings (SSSR count). The van der Waals surface area contributed by atoms with E-state index in [9.17, 15) is 9.00 Å². The molecule has 64 valence electrons. The molecule has 0 aromatic heterocycles. The minimum Gasteiger partial charge on any atom is -0.276 e. The molecule has 0 aliphatic heterocycles. The topological polar surface area (TPSA) is 34.1 Å². The molecular formula is C8H7ClO2S. The minimum absolute atomic E-state index is 0.422. The zero-order valence-electron chi connectivity index (χ0n) is 6.41. The van der Waals surface area contributed by atoms with Gasteiger partial charge in [-0.3, -0.25) is 9.00 Å². The van der Waals surface area contributed by atoms with Gasteiger partial charge in [0.15, 0.2) is 0 Å². The van der Waals surface area contributed by atoms with Crippen molar-refractivity contribution in [2.45, 2.75) is 4.90 Å². The van der Waals surface area contributed by atoms with Gasteiger partial charge in [0.25, 0.3) is 5.24 Å². The molecule has 4 heteroatoms. The molecule has 0 fully saturated rings. The highest BCUT2D eigenvalue weighted by molar-refractivity contribution is 7.84. The van der Waals surface area contributed by atoms with Gasteiger partial charge < -0.3 is 0 Å². The molecule has 0 spiro atoms. The van der Waals surface area contributed by atoms with E-state index in [0.717, 1.165) is 0 Å². The second kappa shape index (κ2) is 3.83. The molecule has 0 bridgehead atoms. The fourth-order valence-electron chi connectivity index (χ4n) is 0.778. The molecule has 0 amide bonds. The van der Waals surface area contributed by atoms with E-state index in [4.69, 9.17) is 11.6 Å². The van der Waals surface area contributed by atoms with Crippen molar-refractivity contribution in [1.82, 2.24) is 0 Å². The molecule has 0 radical (unpaired) electrons. The van der Waals surface area contributed by atoms with Crippen molar-refractivity contribution < 1.29 is 9.00 Å². The van der Waals surface area contributed by atoms with E-state index in [1.165, 1.54) is 0 Å². The number of carbonyl (C=O) groups is 1. The molecule has 0 saturated heterocycles. The number of hydrogen-bond donors (Lipinski definition) is 0. The summed E-state index contributed by atoms with van der Waals surface area (Å²) in [5.41, 5.74) is 0.422. The van der Waals surface area contributed by atoms with E-state index in [1.54, 1.807) is 30.5 Å². The smallest absolute Gasteiger partial charge is 0.252 e. The normalized spacial score (nSPS) is 12.5. The Bertz CT molecular complexity index is 285. The van der Waals surface area contributed by atoms with Crippen LogP contribution in [0.3, 0.4) is 0 Å². The quantitative estimate of drug-likeness (QED) is 0.686. The van der Waals surface area contributed by atoms with Crippen LogP contribution in [0.15, 0.2) is 29.2 Å². The lowest BCUT2D eigenvalue weighted by atomic mass is 10.2. The molecule has 0 aliphatic carbocycles. The van der Waals surface area contributed by atoms with Gasteiger partial charge in [0.2, 0.25) is 0 Å². The van der Waals surface area contributed by atoms with E-state index >= 15 is 0 Å². The molecule has 1 atom stereocenters. The van der Waals surface area contributed by atoms with Gasteiger partial charge in [0.05, 0.1) is 0 Å². The third-order valence-electron chi connectivity index (χ3n) is 1.41. The highest BCUT2D eigenvalue weighted by atomic mass is 35.5. The molecule has 0 heterocycles. The SMILES string of the molecule is CS(=O)c1ccc(C(=O)Cl)cc1. The van der Waals surface area contributed by atoms with E-state index in [2.05, 4.69) is 0 Å². The van der Waals surface area contributed by atoms with Gasteiger partial charge >= 0.3 is 0 Å². The molecular weight excluding hydrogens is 196 g/mol. The maximum absolute atomic E-state index is 10.9. The Morgan fingerprint density at radius 3 is 2.17 bits per heavy atom. The number of rotatable bonds is 2. The largest absolute Gasteiger partial charge is 0.276 e. The lowest BCUT2D eigenvalue weighted by Crippen LogP contribution is -1.91. The van der Waals surface area contributed by atoms with Crippen LogP contribution >= 0.6 is 11.6 Å². The first-order valence-corrected chi connectivity index (χ1v) is 5.18. The van der Waals surface area contributed by atoms with Crippen molar-refractivity contribution in [1.29, 1.82) is 0 Å². The Kier molecular flexibility index (Phi) is 3.00. The van der Waals surface area contributed by atoms with E-state index in [1.807, 2.05) is 0 Å². The van der Waals surface area contributed by atoms with Crippen LogP contribution in [-0.2, 0) is 10.8 Å². The maximum Gasteiger partial charge on any atom is 0.252 e. The lowest BCUT2D eigenvalue weighted by Gasteiger charge is -1.96. The monoisotopic (exact) mass is 202 g/mol. The molecule has 1 unspecified atom stereocenters. The van der Waals surface area contributed by atoms with Crippen molar-refractivity contribution in [3.05, 3.63) is 29.8 Å². The van der Waals surface area contributed by atoms with Crippen LogP contribution in [0.5, 0.6) is 0 Å². The molecule has 12 heavy (non-hydrogen) atoms. The predicted molar refractivity (Wildman–Crippen MR) is 49.0 cm³/mol. The van der Waals surface area contributed by atoms with Crippen molar-refractivity contribution >= 4 is 27.6 Å². The average Bonchev–Trinajstić information content (AvgIpc) is 2.04. The Balaban J connectivity index is 3.01. The molecule has 0 saturated carbocycles. The molecule has 0 N–H and O–H groups in total. The number of benzene rings is 1. The van der Waals surface area contributed by atoms with Gasteiger partial charge in [0.1, 0.15) is 0 Å². The first-order chi connectivity index (χ1) is 5.61. The van der Waals surface area contributed by atoms with Crippen molar-refractivity contribution in [3.8, 4) is 0 Å². The maximum atomic E-state index is 10.9. The summed E-state index contributed by atoms with van der Waals surface area (Å²) in [4.78, 5) is 11.3. The molecule has 0 aliphatic rings. The summed E-state index contributed by atoms with van der Waals surface area (Å²) in [5, 5.41) is -0.497. The first-order valence-electron chi connectivity index (χ1n) is 3.24. The highest BCUT2D eigenvalue weighted by Crippen LogP contribution is 2.09. The summed E-state index contributed by atoms with van der Waals surface area (Å²) in [6, 6.07) is 6.38.